The van der Waals surface area contributed by atoms with Crippen LogP contribution in [-0.2, 0) is 0 Å². The van der Waals surface area contributed by atoms with Crippen LogP contribution in [-0.4, -0.2) is 54.4 Å². The summed E-state index contributed by atoms with van der Waals surface area (Å²) in [5.74, 6) is 0. The lowest BCUT2D eigenvalue weighted by Crippen LogP contribution is -2.55. The summed E-state index contributed by atoms with van der Waals surface area (Å²) in [6.07, 6.45) is 6.62. The van der Waals surface area contributed by atoms with Crippen LogP contribution in [0.15, 0.2) is 0 Å². The third-order valence-corrected chi connectivity index (χ3v) is 4.45. The number of nitrogens with two attached hydrogens (primary N) is 1. The molecule has 1 fully saturated rings. The highest BCUT2D eigenvalue weighted by molar-refractivity contribution is 4.94. The van der Waals surface area contributed by atoms with Gasteiger partial charge in [-0.15, -0.1) is 0 Å². The molecule has 1 heterocycles. The van der Waals surface area contributed by atoms with Crippen LogP contribution in [0.25, 0.3) is 0 Å². The number of aliphatic hydroxyl groups excluding tert-OH is 1. The molecule has 0 aromatic heterocycles. The van der Waals surface area contributed by atoms with Gasteiger partial charge in [0.05, 0.1) is 0 Å². The molecule has 0 aliphatic carbocycles. The van der Waals surface area contributed by atoms with Gasteiger partial charge in [0, 0.05) is 24.7 Å². The first-order chi connectivity index (χ1) is 9.19. The second kappa shape index (κ2) is 8.90. The van der Waals surface area contributed by atoms with Gasteiger partial charge in [0.1, 0.15) is 0 Å². The van der Waals surface area contributed by atoms with Gasteiger partial charge in [0.2, 0.25) is 0 Å². The van der Waals surface area contributed by atoms with Gasteiger partial charge in [-0.05, 0) is 58.2 Å². The molecule has 0 aromatic carbocycles. The van der Waals surface area contributed by atoms with E-state index in [2.05, 4.69) is 24.1 Å². The first kappa shape index (κ1) is 16.9. The van der Waals surface area contributed by atoms with Gasteiger partial charge >= 0.3 is 0 Å². The van der Waals surface area contributed by atoms with Crippen molar-refractivity contribution in [3.05, 3.63) is 0 Å². The molecule has 1 aliphatic rings. The molecular weight excluding hydrogens is 238 g/mol. The van der Waals surface area contributed by atoms with Gasteiger partial charge in [-0.3, -0.25) is 0 Å². The summed E-state index contributed by atoms with van der Waals surface area (Å²) in [5, 5.41) is 12.9. The molecule has 0 spiro atoms. The van der Waals surface area contributed by atoms with Crippen LogP contribution in [0.1, 0.15) is 52.4 Å². The summed E-state index contributed by atoms with van der Waals surface area (Å²) in [6.45, 7) is 8.94. The Morgan fingerprint density at radius 1 is 1.32 bits per heavy atom. The minimum absolute atomic E-state index is 0.0817. The van der Waals surface area contributed by atoms with Gasteiger partial charge in [0.25, 0.3) is 0 Å². The molecule has 0 bridgehead atoms. The van der Waals surface area contributed by atoms with E-state index in [1.807, 2.05) is 0 Å². The second-order valence-electron chi connectivity index (χ2n) is 5.94. The number of hydrogen-bond donors (Lipinski definition) is 3. The zero-order valence-corrected chi connectivity index (χ0v) is 12.8. The van der Waals surface area contributed by atoms with Crippen LogP contribution < -0.4 is 11.1 Å². The molecule has 0 aromatic rings. The van der Waals surface area contributed by atoms with Crippen molar-refractivity contribution in [3.8, 4) is 0 Å². The molecule has 114 valence electrons. The lowest BCUT2D eigenvalue weighted by atomic mass is 9.89. The third kappa shape index (κ3) is 5.38. The minimum atomic E-state index is 0.0817. The van der Waals surface area contributed by atoms with Gasteiger partial charge in [0.15, 0.2) is 0 Å². The molecule has 2 unspecified atom stereocenters. The van der Waals surface area contributed by atoms with Crippen LogP contribution >= 0.6 is 0 Å². The smallest absolute Gasteiger partial charge is 0.0445 e. The summed E-state index contributed by atoms with van der Waals surface area (Å²) in [7, 11) is 0. The quantitative estimate of drug-likeness (QED) is 0.623. The van der Waals surface area contributed by atoms with E-state index in [-0.39, 0.29) is 12.1 Å². The lowest BCUT2D eigenvalue weighted by molar-refractivity contribution is 0.207. The van der Waals surface area contributed by atoms with Gasteiger partial charge in [-0.25, -0.2) is 0 Å². The SMILES string of the molecule is CCCN1CCCC(CN)(NC(CC)CCO)CC1. The molecule has 4 nitrogen and oxygen atoms in total. The van der Waals surface area contributed by atoms with Crippen LogP contribution in [0.5, 0.6) is 0 Å². The number of nitrogens with zero attached hydrogens (tertiary/aromatic N) is 1. The molecule has 1 rings (SSSR count). The summed E-state index contributed by atoms with van der Waals surface area (Å²) in [6, 6.07) is 0.395. The predicted octanol–water partition coefficient (Wildman–Crippen LogP) is 1.33. The van der Waals surface area contributed by atoms with Crippen LogP contribution in [0, 0.1) is 0 Å². The van der Waals surface area contributed by atoms with Gasteiger partial charge in [-0.1, -0.05) is 13.8 Å². The van der Waals surface area contributed by atoms with Crippen LogP contribution in [0.2, 0.25) is 0 Å². The number of rotatable bonds is 8. The highest BCUT2D eigenvalue weighted by Crippen LogP contribution is 2.23. The molecular formula is C15H33N3O. The van der Waals surface area contributed by atoms with E-state index in [0.717, 1.165) is 32.2 Å². The highest BCUT2D eigenvalue weighted by Gasteiger charge is 2.32. The highest BCUT2D eigenvalue weighted by atomic mass is 16.3. The van der Waals surface area contributed by atoms with Crippen molar-refractivity contribution in [1.82, 2.24) is 10.2 Å². The lowest BCUT2D eigenvalue weighted by Gasteiger charge is -2.37. The first-order valence-electron chi connectivity index (χ1n) is 8.00. The average molecular weight is 271 g/mol. The van der Waals surface area contributed by atoms with Crippen molar-refractivity contribution in [2.45, 2.75) is 64.0 Å². The Hall–Kier alpha value is -0.160. The molecule has 1 saturated heterocycles. The van der Waals surface area contributed by atoms with E-state index in [9.17, 15) is 0 Å². The normalized spacial score (nSPS) is 27.2. The summed E-state index contributed by atoms with van der Waals surface area (Å²) < 4.78 is 0. The Bertz CT molecular complexity index is 237. The monoisotopic (exact) mass is 271 g/mol. The Balaban J connectivity index is 2.58. The summed E-state index contributed by atoms with van der Waals surface area (Å²) in [4.78, 5) is 2.56. The Labute approximate surface area is 118 Å². The van der Waals surface area contributed by atoms with E-state index in [1.54, 1.807) is 0 Å². The molecule has 0 saturated carbocycles. The molecule has 0 radical (unpaired) electrons. The van der Waals surface area contributed by atoms with Crippen molar-refractivity contribution in [2.75, 3.05) is 32.8 Å². The van der Waals surface area contributed by atoms with Gasteiger partial charge in [-0.2, -0.15) is 0 Å². The summed E-state index contributed by atoms with van der Waals surface area (Å²) >= 11 is 0. The zero-order valence-electron chi connectivity index (χ0n) is 12.8. The first-order valence-corrected chi connectivity index (χ1v) is 8.00. The van der Waals surface area contributed by atoms with E-state index in [0.29, 0.717) is 12.6 Å². The molecule has 1 aliphatic heterocycles. The molecule has 4 N–H and O–H groups in total. The Kier molecular flexibility index (Phi) is 7.91. The van der Waals surface area contributed by atoms with Gasteiger partial charge < -0.3 is 21.1 Å². The fourth-order valence-electron chi connectivity index (χ4n) is 3.16. The second-order valence-corrected chi connectivity index (χ2v) is 5.94. The third-order valence-electron chi connectivity index (χ3n) is 4.45. The topological polar surface area (TPSA) is 61.5 Å². The number of nitrogens with one attached hydrogen (secondary N) is 1. The summed E-state index contributed by atoms with van der Waals surface area (Å²) in [5.41, 5.74) is 6.16. The maximum Gasteiger partial charge on any atom is 0.0445 e. The average Bonchev–Trinajstić information content (AvgIpc) is 2.62. The van der Waals surface area contributed by atoms with E-state index in [4.69, 9.17) is 10.8 Å². The fourth-order valence-corrected chi connectivity index (χ4v) is 3.16. The Morgan fingerprint density at radius 3 is 2.68 bits per heavy atom. The molecule has 0 amide bonds. The number of aliphatic hydroxyl groups is 1. The largest absolute Gasteiger partial charge is 0.396 e. The predicted molar refractivity (Wildman–Crippen MR) is 81.3 cm³/mol. The maximum atomic E-state index is 9.14. The Morgan fingerprint density at radius 2 is 2.11 bits per heavy atom. The van der Waals surface area contributed by atoms with E-state index in [1.165, 1.54) is 25.9 Å². The van der Waals surface area contributed by atoms with E-state index < -0.39 is 0 Å². The number of hydrogen-bond acceptors (Lipinski definition) is 4. The molecule has 2 atom stereocenters. The van der Waals surface area contributed by atoms with Crippen LogP contribution in [0.4, 0.5) is 0 Å². The fraction of sp³-hybridized carbons (Fsp3) is 1.00. The zero-order chi connectivity index (χ0) is 14.1. The van der Waals surface area contributed by atoms with Crippen molar-refractivity contribution < 1.29 is 5.11 Å². The molecule has 19 heavy (non-hydrogen) atoms. The minimum Gasteiger partial charge on any atom is -0.396 e. The standard InChI is InChI=1S/C15H33N3O/c1-3-9-18-10-5-7-15(13-16,8-11-18)17-14(4-2)6-12-19/h14,17,19H,3-13,16H2,1-2H3. The number of likely N-dealkylation sites (tertiary alicyclic amines) is 1. The maximum absolute atomic E-state index is 9.14. The van der Waals surface area contributed by atoms with Crippen molar-refractivity contribution >= 4 is 0 Å². The van der Waals surface area contributed by atoms with Crippen molar-refractivity contribution in [1.29, 1.82) is 0 Å². The molecule has 4 heteroatoms. The van der Waals surface area contributed by atoms with Crippen molar-refractivity contribution in [3.63, 3.8) is 0 Å². The van der Waals surface area contributed by atoms with Crippen LogP contribution in [0.3, 0.4) is 0 Å². The van der Waals surface area contributed by atoms with Crippen molar-refractivity contribution in [2.24, 2.45) is 5.73 Å². The van der Waals surface area contributed by atoms with E-state index >= 15 is 0 Å².